The summed E-state index contributed by atoms with van der Waals surface area (Å²) in [6, 6.07) is 5.52. The Morgan fingerprint density at radius 3 is 2.58 bits per heavy atom. The van der Waals surface area contributed by atoms with Crippen molar-refractivity contribution in [2.75, 3.05) is 5.75 Å². The molecule has 0 bridgehead atoms. The van der Waals surface area contributed by atoms with Crippen LogP contribution in [-0.4, -0.2) is 35.1 Å². The van der Waals surface area contributed by atoms with Crippen LogP contribution in [0.5, 0.6) is 0 Å². The van der Waals surface area contributed by atoms with Gasteiger partial charge in [-0.3, -0.25) is 14.2 Å². The molecule has 1 N–H and O–H groups in total. The third-order valence-electron chi connectivity index (χ3n) is 6.15. The van der Waals surface area contributed by atoms with Gasteiger partial charge in [-0.15, -0.1) is 5.10 Å². The molecule has 0 saturated heterocycles. The van der Waals surface area contributed by atoms with Crippen LogP contribution in [0.3, 0.4) is 0 Å². The maximum Gasteiger partial charge on any atom is 0.266 e. The highest BCUT2D eigenvalue weighted by atomic mass is 32.2. The molecular weight excluding hydrogens is 412 g/mol. The Morgan fingerprint density at radius 2 is 1.81 bits per heavy atom. The summed E-state index contributed by atoms with van der Waals surface area (Å²) in [6.45, 7) is 4.22. The Kier molecular flexibility index (Phi) is 5.13. The fourth-order valence-electron chi connectivity index (χ4n) is 4.52. The number of thioether (sulfide) groups is 1. The number of pyridine rings is 3. The van der Waals surface area contributed by atoms with Crippen LogP contribution in [0.1, 0.15) is 45.6 Å². The molecule has 8 nitrogen and oxygen atoms in total. The number of H-pyrrole nitrogens is 1. The zero-order valence-corrected chi connectivity index (χ0v) is 18.4. The molecule has 1 aliphatic carbocycles. The quantitative estimate of drug-likeness (QED) is 0.387. The van der Waals surface area contributed by atoms with Crippen LogP contribution in [0.25, 0.3) is 27.8 Å². The summed E-state index contributed by atoms with van der Waals surface area (Å²) in [5.41, 5.74) is 0.800. The van der Waals surface area contributed by atoms with E-state index in [4.69, 9.17) is 0 Å². The van der Waals surface area contributed by atoms with Crippen molar-refractivity contribution in [3.8, 4) is 5.95 Å². The van der Waals surface area contributed by atoms with Crippen molar-refractivity contribution < 1.29 is 0 Å². The van der Waals surface area contributed by atoms with Crippen molar-refractivity contribution in [1.29, 1.82) is 0 Å². The fourth-order valence-corrected chi connectivity index (χ4v) is 5.04. The predicted molar refractivity (Wildman–Crippen MR) is 122 cm³/mol. The fraction of sp³-hybridized carbons (Fsp3) is 0.409. The molecule has 0 amide bonds. The first-order chi connectivity index (χ1) is 15.1. The van der Waals surface area contributed by atoms with E-state index in [9.17, 15) is 9.59 Å². The summed E-state index contributed by atoms with van der Waals surface area (Å²) in [6.07, 6.45) is 7.98. The number of rotatable bonds is 4. The molecule has 4 aromatic rings. The van der Waals surface area contributed by atoms with Crippen LogP contribution in [0.15, 0.2) is 45.3 Å². The Bertz CT molecular complexity index is 1390. The Morgan fingerprint density at radius 1 is 1.06 bits per heavy atom. The lowest BCUT2D eigenvalue weighted by atomic mass is 9.85. The average Bonchev–Trinajstić information content (AvgIpc) is 3.23. The predicted octanol–water partition coefficient (Wildman–Crippen LogP) is 3.68. The van der Waals surface area contributed by atoms with Gasteiger partial charge in [0.15, 0.2) is 0 Å². The lowest BCUT2D eigenvalue weighted by Gasteiger charge is -2.30. The second-order valence-electron chi connectivity index (χ2n) is 8.08. The second-order valence-corrected chi connectivity index (χ2v) is 9.31. The van der Waals surface area contributed by atoms with Gasteiger partial charge in [-0.05, 0) is 42.7 Å². The standard InChI is InChI=1S/C22H24N6O2S/c1-3-31-22-24-21(25-26-22)28-11-9-17-15(20(28)30)12-14-16(23-17)8-10-27(19(14)29)18-7-5-4-6-13(18)2/h8-13,18H,3-7H2,1-2H3,(H,24,25,26)/t13-,18+/m0/s1. The van der Waals surface area contributed by atoms with Gasteiger partial charge < -0.3 is 4.57 Å². The molecule has 0 aromatic carbocycles. The van der Waals surface area contributed by atoms with Crippen LogP contribution in [0.2, 0.25) is 0 Å². The monoisotopic (exact) mass is 436 g/mol. The molecule has 0 unspecified atom stereocenters. The van der Waals surface area contributed by atoms with Crippen molar-refractivity contribution >= 4 is 33.6 Å². The van der Waals surface area contributed by atoms with Gasteiger partial charge in [-0.2, -0.15) is 4.98 Å². The van der Waals surface area contributed by atoms with Crippen LogP contribution in [-0.2, 0) is 0 Å². The summed E-state index contributed by atoms with van der Waals surface area (Å²) < 4.78 is 3.25. The first kappa shape index (κ1) is 20.0. The number of fused-ring (bicyclic) bond motifs is 2. The van der Waals surface area contributed by atoms with Crippen molar-refractivity contribution in [2.24, 2.45) is 5.92 Å². The average molecular weight is 437 g/mol. The van der Waals surface area contributed by atoms with Gasteiger partial charge in [0, 0.05) is 18.4 Å². The Balaban J connectivity index is 1.66. The Labute approximate surface area is 182 Å². The normalized spacial score (nSPS) is 19.3. The van der Waals surface area contributed by atoms with Crippen LogP contribution in [0, 0.1) is 5.92 Å². The van der Waals surface area contributed by atoms with E-state index in [0.29, 0.717) is 38.8 Å². The molecule has 1 saturated carbocycles. The molecule has 5 rings (SSSR count). The zero-order chi connectivity index (χ0) is 21.5. The lowest BCUT2D eigenvalue weighted by Crippen LogP contribution is -2.30. The molecule has 1 fully saturated rings. The number of nitrogens with one attached hydrogen (secondary N) is 1. The van der Waals surface area contributed by atoms with Gasteiger partial charge in [0.05, 0.1) is 21.8 Å². The number of aromatic amines is 1. The third kappa shape index (κ3) is 3.46. The van der Waals surface area contributed by atoms with E-state index in [1.807, 2.05) is 23.8 Å². The van der Waals surface area contributed by atoms with E-state index in [1.54, 1.807) is 18.3 Å². The third-order valence-corrected chi connectivity index (χ3v) is 6.88. The molecule has 0 spiro atoms. The number of nitrogens with zero attached hydrogens (tertiary/aromatic N) is 5. The van der Waals surface area contributed by atoms with Gasteiger partial charge in [-0.25, -0.2) is 10.1 Å². The summed E-state index contributed by atoms with van der Waals surface area (Å²) >= 11 is 1.49. The van der Waals surface area contributed by atoms with Gasteiger partial charge in [0.2, 0.25) is 11.1 Å². The molecule has 1 aliphatic rings. The summed E-state index contributed by atoms with van der Waals surface area (Å²) in [7, 11) is 0. The highest BCUT2D eigenvalue weighted by molar-refractivity contribution is 7.99. The van der Waals surface area contributed by atoms with E-state index >= 15 is 0 Å². The molecule has 4 aromatic heterocycles. The van der Waals surface area contributed by atoms with Crippen LogP contribution >= 0.6 is 11.8 Å². The molecule has 0 radical (unpaired) electrons. The van der Waals surface area contributed by atoms with E-state index in [1.165, 1.54) is 22.7 Å². The van der Waals surface area contributed by atoms with Crippen molar-refractivity contribution in [2.45, 2.75) is 50.7 Å². The van der Waals surface area contributed by atoms with E-state index in [2.05, 4.69) is 27.1 Å². The molecule has 160 valence electrons. The minimum atomic E-state index is -0.281. The van der Waals surface area contributed by atoms with Gasteiger partial charge in [0.1, 0.15) is 0 Å². The number of hydrogen-bond acceptors (Lipinski definition) is 6. The highest BCUT2D eigenvalue weighted by Gasteiger charge is 2.24. The Hall–Kier alpha value is -2.94. The minimum Gasteiger partial charge on any atom is -0.312 e. The largest absolute Gasteiger partial charge is 0.312 e. The van der Waals surface area contributed by atoms with Crippen molar-refractivity contribution in [3.05, 3.63) is 51.3 Å². The molecule has 0 aliphatic heterocycles. The summed E-state index contributed by atoms with van der Waals surface area (Å²) in [5.74, 6) is 1.65. The van der Waals surface area contributed by atoms with Gasteiger partial charge >= 0.3 is 0 Å². The van der Waals surface area contributed by atoms with E-state index in [0.717, 1.165) is 25.0 Å². The maximum absolute atomic E-state index is 13.3. The summed E-state index contributed by atoms with van der Waals surface area (Å²) in [4.78, 5) is 35.5. The molecule has 4 heterocycles. The van der Waals surface area contributed by atoms with Crippen LogP contribution < -0.4 is 11.1 Å². The van der Waals surface area contributed by atoms with Gasteiger partial charge in [0.25, 0.3) is 11.1 Å². The molecule has 9 heteroatoms. The number of aromatic nitrogens is 6. The second kappa shape index (κ2) is 7.96. The topological polar surface area (TPSA) is 98.5 Å². The number of hydrogen-bond donors (Lipinski definition) is 1. The molecular formula is C22H24N6O2S. The molecule has 2 atom stereocenters. The lowest BCUT2D eigenvalue weighted by molar-refractivity contribution is 0.253. The summed E-state index contributed by atoms with van der Waals surface area (Å²) in [5, 5.41) is 8.40. The van der Waals surface area contributed by atoms with Crippen molar-refractivity contribution in [1.82, 2.24) is 29.3 Å². The zero-order valence-electron chi connectivity index (χ0n) is 17.5. The van der Waals surface area contributed by atoms with Gasteiger partial charge in [-0.1, -0.05) is 38.5 Å². The highest BCUT2D eigenvalue weighted by Crippen LogP contribution is 2.32. The first-order valence-electron chi connectivity index (χ1n) is 10.7. The maximum atomic E-state index is 13.3. The van der Waals surface area contributed by atoms with Crippen molar-refractivity contribution in [3.63, 3.8) is 0 Å². The molecule has 31 heavy (non-hydrogen) atoms. The smallest absolute Gasteiger partial charge is 0.266 e. The minimum absolute atomic E-state index is 0.0817. The van der Waals surface area contributed by atoms with E-state index < -0.39 is 0 Å². The first-order valence-corrected chi connectivity index (χ1v) is 11.7. The van der Waals surface area contributed by atoms with E-state index in [-0.39, 0.29) is 17.2 Å². The van der Waals surface area contributed by atoms with Crippen LogP contribution in [0.4, 0.5) is 0 Å². The SMILES string of the molecule is CCSc1n[nH]c(-n2ccc3nc4ccn([C@@H]5CCCC[C@@H]5C)c(=O)c4cc3c2=O)n1.